The van der Waals surface area contributed by atoms with Crippen molar-refractivity contribution in [1.82, 2.24) is 0 Å². The Morgan fingerprint density at radius 2 is 1.24 bits per heavy atom. The van der Waals surface area contributed by atoms with Crippen molar-refractivity contribution in [3.05, 3.63) is 70.8 Å². The second-order valence-electron chi connectivity index (χ2n) is 7.66. The van der Waals surface area contributed by atoms with Gasteiger partial charge >= 0.3 is 0 Å². The van der Waals surface area contributed by atoms with Gasteiger partial charge in [-0.1, -0.05) is 38.5 Å². The average Bonchev–Trinajstić information content (AvgIpc) is 2.60. The fourth-order valence-electron chi connectivity index (χ4n) is 3.34. The van der Waals surface area contributed by atoms with Crippen LogP contribution in [0.25, 0.3) is 0 Å². The summed E-state index contributed by atoms with van der Waals surface area (Å²) in [6, 6.07) is 12.9. The average molecular weight is 433 g/mol. The van der Waals surface area contributed by atoms with Crippen LogP contribution >= 0.6 is 0 Å². The van der Waals surface area contributed by atoms with Gasteiger partial charge in [-0.2, -0.15) is 0 Å². The fraction of sp³-hybridized carbons (Fsp3) is 0.385. The van der Waals surface area contributed by atoms with E-state index in [2.05, 4.69) is 90.1 Å². The predicted octanol–water partition coefficient (Wildman–Crippen LogP) is 7.92. The molecular formula is C26H34N2Ni. The molecule has 3 heteroatoms. The molecule has 0 aliphatic rings. The van der Waals surface area contributed by atoms with Crippen LogP contribution in [-0.2, 0) is 16.5 Å². The molecule has 2 rings (SSSR count). The van der Waals surface area contributed by atoms with Crippen molar-refractivity contribution in [1.29, 1.82) is 0 Å². The summed E-state index contributed by atoms with van der Waals surface area (Å²) < 4.78 is 0. The van der Waals surface area contributed by atoms with Gasteiger partial charge in [0, 0.05) is 16.5 Å². The Bertz CT molecular complexity index is 851. The van der Waals surface area contributed by atoms with Crippen molar-refractivity contribution >= 4 is 22.8 Å². The van der Waals surface area contributed by atoms with E-state index in [-0.39, 0.29) is 16.5 Å². The molecule has 0 saturated heterocycles. The van der Waals surface area contributed by atoms with Gasteiger partial charge in [-0.15, -0.1) is 0 Å². The molecule has 2 aromatic carbocycles. The minimum Gasteiger partial charge on any atom is -0.251 e. The number of rotatable bonds is 8. The van der Waals surface area contributed by atoms with Crippen LogP contribution in [0, 0.1) is 27.7 Å². The summed E-state index contributed by atoms with van der Waals surface area (Å²) in [5.41, 5.74) is 9.00. The molecule has 0 radical (unpaired) electrons. The number of nitrogens with zero attached hydrogens (tertiary/aromatic N) is 2. The van der Waals surface area contributed by atoms with E-state index in [0.717, 1.165) is 48.5 Å². The molecule has 29 heavy (non-hydrogen) atoms. The second-order valence-corrected chi connectivity index (χ2v) is 7.66. The van der Waals surface area contributed by atoms with E-state index >= 15 is 0 Å². The molecule has 0 spiro atoms. The molecular weight excluding hydrogens is 399 g/mol. The topological polar surface area (TPSA) is 24.7 Å². The van der Waals surface area contributed by atoms with Gasteiger partial charge in [0.05, 0.1) is 22.8 Å². The van der Waals surface area contributed by atoms with Crippen LogP contribution in [0.1, 0.15) is 61.8 Å². The van der Waals surface area contributed by atoms with Crippen LogP contribution in [0.5, 0.6) is 0 Å². The van der Waals surface area contributed by atoms with Crippen molar-refractivity contribution in [2.75, 3.05) is 0 Å². The molecule has 0 fully saturated rings. The first-order valence-electron chi connectivity index (χ1n) is 10.4. The van der Waals surface area contributed by atoms with Crippen LogP contribution in [0.4, 0.5) is 11.4 Å². The molecule has 0 saturated carbocycles. The molecule has 0 unspecified atom stereocenters. The van der Waals surface area contributed by atoms with Crippen LogP contribution in [0.3, 0.4) is 0 Å². The fourth-order valence-corrected chi connectivity index (χ4v) is 3.34. The van der Waals surface area contributed by atoms with Gasteiger partial charge < -0.3 is 0 Å². The molecule has 0 N–H and O–H groups in total. The first-order valence-corrected chi connectivity index (χ1v) is 10.4. The number of hydrogen-bond acceptors (Lipinski definition) is 2. The smallest absolute Gasteiger partial charge is 0.0848 e. The molecule has 0 bridgehead atoms. The number of aryl methyl sites for hydroxylation is 4. The van der Waals surface area contributed by atoms with Gasteiger partial charge in [-0.25, -0.2) is 4.99 Å². The molecule has 0 aromatic heterocycles. The largest absolute Gasteiger partial charge is 0.251 e. The van der Waals surface area contributed by atoms with Crippen LogP contribution in [-0.4, -0.2) is 11.4 Å². The van der Waals surface area contributed by atoms with Gasteiger partial charge in [-0.05, 0) is 99.6 Å². The van der Waals surface area contributed by atoms with E-state index in [1.807, 2.05) is 0 Å². The molecule has 0 aliphatic heterocycles. The Balaban J connectivity index is 0.00000420. The predicted molar refractivity (Wildman–Crippen MR) is 125 cm³/mol. The molecule has 158 valence electrons. The summed E-state index contributed by atoms with van der Waals surface area (Å²) in [5, 5.41) is 0. The minimum absolute atomic E-state index is 0. The summed E-state index contributed by atoms with van der Waals surface area (Å²) in [6.45, 7) is 12.9. The van der Waals surface area contributed by atoms with Crippen LogP contribution < -0.4 is 0 Å². The summed E-state index contributed by atoms with van der Waals surface area (Å²) in [7, 11) is 0. The van der Waals surface area contributed by atoms with Crippen molar-refractivity contribution in [3.63, 3.8) is 0 Å². The maximum atomic E-state index is 5.05. The third-order valence-electron chi connectivity index (χ3n) is 4.50. The third kappa shape index (κ3) is 8.50. The standard InChI is InChI=1S/C26H34N2.Ni/c1-7-9-11-25(27-23-15-19(3)13-20(4)16-23)26(12-10-8-2)28-24-17-21(5)14-22(6)18-24;/h9,11,13-18H,7-8,10,12H2,1-6H3;/b11-9+,27-25+,28-26+;. The quantitative estimate of drug-likeness (QED) is 0.299. The van der Waals surface area contributed by atoms with Crippen molar-refractivity contribution in [2.45, 2.75) is 67.2 Å². The Morgan fingerprint density at radius 1 is 0.759 bits per heavy atom. The van der Waals surface area contributed by atoms with Gasteiger partial charge in [0.1, 0.15) is 0 Å². The van der Waals surface area contributed by atoms with Crippen molar-refractivity contribution < 1.29 is 16.5 Å². The zero-order valence-electron chi connectivity index (χ0n) is 18.7. The van der Waals surface area contributed by atoms with Gasteiger partial charge in [0.25, 0.3) is 0 Å². The normalized spacial score (nSPS) is 12.3. The van der Waals surface area contributed by atoms with Crippen molar-refractivity contribution in [2.24, 2.45) is 9.98 Å². The number of unbranched alkanes of at least 4 members (excludes halogenated alkanes) is 1. The number of aliphatic imine (C=N–C) groups is 2. The first-order chi connectivity index (χ1) is 13.4. The molecule has 2 aromatic rings. The molecule has 0 atom stereocenters. The first kappa shape index (κ1) is 25.1. The number of allylic oxidation sites excluding steroid dienone is 2. The molecule has 0 aliphatic carbocycles. The van der Waals surface area contributed by atoms with E-state index in [1.54, 1.807) is 0 Å². The van der Waals surface area contributed by atoms with E-state index in [0.29, 0.717) is 0 Å². The monoisotopic (exact) mass is 432 g/mol. The summed E-state index contributed by atoms with van der Waals surface area (Å²) in [6.07, 6.45) is 8.46. The Hall–Kier alpha value is -1.99. The molecule has 2 nitrogen and oxygen atoms in total. The number of hydrogen-bond donors (Lipinski definition) is 0. The maximum absolute atomic E-state index is 5.05. The molecule has 0 heterocycles. The zero-order chi connectivity index (χ0) is 20.5. The van der Waals surface area contributed by atoms with Gasteiger partial charge in [-0.3, -0.25) is 4.99 Å². The van der Waals surface area contributed by atoms with Crippen molar-refractivity contribution in [3.8, 4) is 0 Å². The number of benzene rings is 2. The second kappa shape index (κ2) is 12.5. The van der Waals surface area contributed by atoms with E-state index in [1.165, 1.54) is 22.3 Å². The Morgan fingerprint density at radius 3 is 1.69 bits per heavy atom. The van der Waals surface area contributed by atoms with E-state index < -0.39 is 0 Å². The third-order valence-corrected chi connectivity index (χ3v) is 4.50. The summed E-state index contributed by atoms with van der Waals surface area (Å²) in [4.78, 5) is 10.1. The summed E-state index contributed by atoms with van der Waals surface area (Å²) in [5.74, 6) is 0. The summed E-state index contributed by atoms with van der Waals surface area (Å²) >= 11 is 0. The SMILES string of the molecule is CC/C=C/C(=N\c1cc(C)cc(C)c1)C(/CCCC)=N/c1cc(C)cc(C)c1.[Ni]. The minimum atomic E-state index is 0. The Kier molecular flexibility index (Phi) is 10.8. The van der Waals surface area contributed by atoms with E-state index in [9.17, 15) is 0 Å². The van der Waals surface area contributed by atoms with Crippen LogP contribution in [0.2, 0.25) is 0 Å². The van der Waals surface area contributed by atoms with Crippen LogP contribution in [0.15, 0.2) is 58.5 Å². The maximum Gasteiger partial charge on any atom is 0.0848 e. The molecule has 0 amide bonds. The van der Waals surface area contributed by atoms with Gasteiger partial charge in [0.15, 0.2) is 0 Å². The zero-order valence-corrected chi connectivity index (χ0v) is 19.6. The van der Waals surface area contributed by atoms with Gasteiger partial charge in [0.2, 0.25) is 0 Å². The Labute approximate surface area is 187 Å². The van der Waals surface area contributed by atoms with E-state index in [4.69, 9.17) is 9.98 Å².